The number of halogens is 1. The average molecular weight is 318 g/mol. The van der Waals surface area contributed by atoms with Crippen molar-refractivity contribution in [3.63, 3.8) is 0 Å². The SMILES string of the molecule is Brc1ccc(N2N=NC3C4CC(C5N=NC45)C32)cc1. The third kappa shape index (κ3) is 1.21. The van der Waals surface area contributed by atoms with Crippen LogP contribution in [0, 0.1) is 11.8 Å². The highest BCUT2D eigenvalue weighted by atomic mass is 79.9. The summed E-state index contributed by atoms with van der Waals surface area (Å²) in [6, 6.07) is 9.90. The van der Waals surface area contributed by atoms with Crippen molar-refractivity contribution in [2.45, 2.75) is 30.6 Å². The largest absolute Gasteiger partial charge is 0.242 e. The third-order valence-electron chi connectivity index (χ3n) is 4.99. The first kappa shape index (κ1) is 10.5. The van der Waals surface area contributed by atoms with Crippen molar-refractivity contribution in [1.29, 1.82) is 0 Å². The van der Waals surface area contributed by atoms with E-state index in [9.17, 15) is 0 Å². The Morgan fingerprint density at radius 1 is 0.947 bits per heavy atom. The molecule has 96 valence electrons. The summed E-state index contributed by atoms with van der Waals surface area (Å²) in [4.78, 5) is 0. The first-order valence-electron chi connectivity index (χ1n) is 6.68. The Bertz CT molecular complexity index is 598. The van der Waals surface area contributed by atoms with Gasteiger partial charge in [0.25, 0.3) is 0 Å². The molecule has 0 N–H and O–H groups in total. The van der Waals surface area contributed by atoms with E-state index in [2.05, 4.69) is 65.8 Å². The van der Waals surface area contributed by atoms with Crippen molar-refractivity contribution < 1.29 is 0 Å². The van der Waals surface area contributed by atoms with Gasteiger partial charge in [0.1, 0.15) is 18.1 Å². The molecule has 4 aliphatic rings. The second kappa shape index (κ2) is 3.42. The summed E-state index contributed by atoms with van der Waals surface area (Å²) in [5.41, 5.74) is 1.12. The van der Waals surface area contributed by atoms with Crippen molar-refractivity contribution in [2.75, 3.05) is 5.01 Å². The van der Waals surface area contributed by atoms with E-state index in [-0.39, 0.29) is 0 Å². The van der Waals surface area contributed by atoms with Crippen LogP contribution in [0.3, 0.4) is 0 Å². The molecule has 0 spiro atoms. The lowest BCUT2D eigenvalue weighted by atomic mass is 9.82. The smallest absolute Gasteiger partial charge is 0.101 e. The molecule has 2 aliphatic heterocycles. The van der Waals surface area contributed by atoms with Crippen molar-refractivity contribution in [1.82, 2.24) is 0 Å². The highest BCUT2D eigenvalue weighted by Crippen LogP contribution is 2.56. The van der Waals surface area contributed by atoms with Gasteiger partial charge in [0, 0.05) is 16.3 Å². The topological polar surface area (TPSA) is 52.7 Å². The van der Waals surface area contributed by atoms with Gasteiger partial charge in [0.2, 0.25) is 0 Å². The predicted molar refractivity (Wildman–Crippen MR) is 73.1 cm³/mol. The molecule has 1 aromatic carbocycles. The monoisotopic (exact) mass is 317 g/mol. The van der Waals surface area contributed by atoms with E-state index in [0.29, 0.717) is 36.0 Å². The zero-order valence-corrected chi connectivity index (χ0v) is 11.7. The van der Waals surface area contributed by atoms with Gasteiger partial charge in [-0.15, -0.1) is 0 Å². The lowest BCUT2D eigenvalue weighted by Crippen LogP contribution is -2.52. The Morgan fingerprint density at radius 2 is 1.68 bits per heavy atom. The molecule has 6 atom stereocenters. The number of hydrogen-bond donors (Lipinski definition) is 0. The summed E-state index contributed by atoms with van der Waals surface area (Å²) in [7, 11) is 0. The number of azo groups is 1. The Morgan fingerprint density at radius 3 is 2.42 bits per heavy atom. The van der Waals surface area contributed by atoms with Crippen LogP contribution in [0.1, 0.15) is 6.42 Å². The highest BCUT2D eigenvalue weighted by Gasteiger charge is 2.65. The van der Waals surface area contributed by atoms with Crippen LogP contribution >= 0.6 is 15.9 Å². The standard InChI is InChI=1S/C13H12BrN5/c14-6-1-3-7(4-2-6)19-13-9-5-8(12(13)17-18-19)10-11(9)16-15-10/h1-4,8-13H,5H2. The van der Waals surface area contributed by atoms with Crippen molar-refractivity contribution in [3.05, 3.63) is 28.7 Å². The fourth-order valence-corrected chi connectivity index (χ4v) is 4.42. The Kier molecular flexibility index (Phi) is 1.89. The van der Waals surface area contributed by atoms with Crippen molar-refractivity contribution in [2.24, 2.45) is 32.4 Å². The molecule has 2 saturated carbocycles. The minimum absolute atomic E-state index is 0.328. The molecule has 2 heterocycles. The normalized spacial score (nSPS) is 44.4. The van der Waals surface area contributed by atoms with Crippen LogP contribution in [-0.4, -0.2) is 24.2 Å². The fourth-order valence-electron chi connectivity index (χ4n) is 4.15. The minimum Gasteiger partial charge on any atom is -0.242 e. The third-order valence-corrected chi connectivity index (χ3v) is 5.52. The minimum atomic E-state index is 0.328. The lowest BCUT2D eigenvalue weighted by molar-refractivity contribution is 0.242. The van der Waals surface area contributed by atoms with Gasteiger partial charge in [0.05, 0.1) is 11.7 Å². The van der Waals surface area contributed by atoms with Gasteiger partial charge in [-0.1, -0.05) is 21.2 Å². The maximum absolute atomic E-state index is 4.52. The van der Waals surface area contributed by atoms with Crippen LogP contribution in [0.2, 0.25) is 0 Å². The second-order valence-corrected chi connectivity index (χ2v) is 6.70. The molecule has 0 aromatic heterocycles. The molecule has 6 unspecified atom stereocenters. The Hall–Kier alpha value is -1.30. The molecule has 19 heavy (non-hydrogen) atoms. The van der Waals surface area contributed by atoms with Crippen LogP contribution in [-0.2, 0) is 0 Å². The molecule has 1 aromatic rings. The molecular formula is C13H12BrN5. The quantitative estimate of drug-likeness (QED) is 0.784. The molecule has 2 fully saturated rings. The van der Waals surface area contributed by atoms with E-state index in [1.54, 1.807) is 0 Å². The Labute approximate surface area is 118 Å². The van der Waals surface area contributed by atoms with Crippen molar-refractivity contribution in [3.8, 4) is 0 Å². The lowest BCUT2D eigenvalue weighted by Gasteiger charge is -2.38. The number of benzene rings is 1. The summed E-state index contributed by atoms with van der Waals surface area (Å²) in [6.45, 7) is 0. The number of fused-ring (bicyclic) bond motifs is 8. The molecule has 0 amide bonds. The maximum Gasteiger partial charge on any atom is 0.101 e. The van der Waals surface area contributed by atoms with Crippen molar-refractivity contribution >= 4 is 21.6 Å². The predicted octanol–water partition coefficient (Wildman–Crippen LogP) is 3.23. The molecule has 5 nitrogen and oxygen atoms in total. The van der Waals surface area contributed by atoms with Gasteiger partial charge in [-0.25, -0.2) is 5.01 Å². The molecule has 2 aliphatic carbocycles. The van der Waals surface area contributed by atoms with Crippen LogP contribution in [0.15, 0.2) is 49.3 Å². The van der Waals surface area contributed by atoms with Crippen LogP contribution < -0.4 is 5.01 Å². The molecular weight excluding hydrogens is 306 g/mol. The number of nitrogens with zero attached hydrogens (tertiary/aromatic N) is 5. The summed E-state index contributed by atoms with van der Waals surface area (Å²) in [5.74, 6) is 1.15. The summed E-state index contributed by atoms with van der Waals surface area (Å²) < 4.78 is 1.09. The number of rotatable bonds is 1. The number of anilines is 1. The van der Waals surface area contributed by atoms with E-state index >= 15 is 0 Å². The van der Waals surface area contributed by atoms with E-state index in [1.807, 2.05) is 0 Å². The maximum atomic E-state index is 4.52. The molecule has 2 bridgehead atoms. The van der Waals surface area contributed by atoms with E-state index in [4.69, 9.17) is 0 Å². The fraction of sp³-hybridized carbons (Fsp3) is 0.538. The van der Waals surface area contributed by atoms with Gasteiger partial charge in [0.15, 0.2) is 0 Å². The van der Waals surface area contributed by atoms with Crippen LogP contribution in [0.25, 0.3) is 0 Å². The molecule has 6 heteroatoms. The molecule has 0 radical (unpaired) electrons. The van der Waals surface area contributed by atoms with Gasteiger partial charge in [-0.05, 0) is 30.7 Å². The molecule has 0 saturated heterocycles. The van der Waals surface area contributed by atoms with Gasteiger partial charge in [-0.3, -0.25) is 0 Å². The summed E-state index contributed by atoms with van der Waals surface area (Å²) in [6.07, 6.45) is 1.21. The zero-order chi connectivity index (χ0) is 12.6. The molecule has 5 rings (SSSR count). The average Bonchev–Trinajstić information content (AvgIpc) is 2.98. The van der Waals surface area contributed by atoms with Crippen LogP contribution in [0.5, 0.6) is 0 Å². The number of hydrogen-bond acceptors (Lipinski definition) is 5. The van der Waals surface area contributed by atoms with Gasteiger partial charge in [-0.2, -0.15) is 15.3 Å². The Balaban J connectivity index is 1.52. The van der Waals surface area contributed by atoms with E-state index in [1.165, 1.54) is 6.42 Å². The first-order valence-corrected chi connectivity index (χ1v) is 7.48. The highest BCUT2D eigenvalue weighted by molar-refractivity contribution is 9.10. The summed E-state index contributed by atoms with van der Waals surface area (Å²) in [5, 5.41) is 19.6. The second-order valence-electron chi connectivity index (χ2n) is 5.78. The van der Waals surface area contributed by atoms with Crippen LogP contribution in [0.4, 0.5) is 5.69 Å². The van der Waals surface area contributed by atoms with Gasteiger partial charge < -0.3 is 0 Å². The first-order chi connectivity index (χ1) is 9.33. The summed E-state index contributed by atoms with van der Waals surface area (Å²) >= 11 is 3.47. The van der Waals surface area contributed by atoms with Gasteiger partial charge >= 0.3 is 0 Å². The van der Waals surface area contributed by atoms with E-state index in [0.717, 1.165) is 10.2 Å². The van der Waals surface area contributed by atoms with E-state index < -0.39 is 0 Å². The zero-order valence-electron chi connectivity index (χ0n) is 10.1.